The quantitative estimate of drug-likeness (QED) is 0.461. The van der Waals surface area contributed by atoms with Crippen molar-refractivity contribution in [3.8, 4) is 23.3 Å². The molecule has 0 radical (unpaired) electrons. The summed E-state index contributed by atoms with van der Waals surface area (Å²) in [6, 6.07) is 17.8. The maximum atomic E-state index is 12.7. The summed E-state index contributed by atoms with van der Waals surface area (Å²) in [5.41, 5.74) is 4.06. The topological polar surface area (TPSA) is 87.3 Å². The number of ether oxygens (including phenoxy) is 1. The molecule has 0 saturated carbocycles. The van der Waals surface area contributed by atoms with E-state index < -0.39 is 5.91 Å². The molecule has 3 rings (SSSR count). The average Bonchev–Trinajstić information content (AvgIpc) is 3.00. The smallest absolute Gasteiger partial charge is 0.266 e. The van der Waals surface area contributed by atoms with E-state index in [2.05, 4.69) is 5.32 Å². The van der Waals surface area contributed by atoms with E-state index in [-0.39, 0.29) is 11.3 Å². The Morgan fingerprint density at radius 2 is 1.93 bits per heavy atom. The number of aryl methyl sites for hydroxylation is 1. The van der Waals surface area contributed by atoms with Crippen LogP contribution in [0.25, 0.3) is 11.8 Å². The fourth-order valence-electron chi connectivity index (χ4n) is 3.27. The number of nitrogens with one attached hydrogen (secondary N) is 1. The molecule has 30 heavy (non-hydrogen) atoms. The Morgan fingerprint density at radius 1 is 1.20 bits per heavy atom. The van der Waals surface area contributed by atoms with Crippen molar-refractivity contribution in [1.82, 2.24) is 4.57 Å². The molecule has 1 aromatic heterocycles. The Bertz CT molecular complexity index is 1140. The zero-order chi connectivity index (χ0) is 21.7. The number of rotatable bonds is 6. The summed E-state index contributed by atoms with van der Waals surface area (Å²) in [6.45, 7) is 6.28. The van der Waals surface area contributed by atoms with Gasteiger partial charge in [-0.25, -0.2) is 0 Å². The summed E-state index contributed by atoms with van der Waals surface area (Å²) in [5.74, 6) is 0.356. The van der Waals surface area contributed by atoms with Crippen LogP contribution in [0.15, 0.2) is 60.2 Å². The molecule has 0 aliphatic carbocycles. The van der Waals surface area contributed by atoms with Gasteiger partial charge in [-0.2, -0.15) is 5.26 Å². The average molecular weight is 401 g/mol. The highest BCUT2D eigenvalue weighted by Gasteiger charge is 2.14. The van der Waals surface area contributed by atoms with Gasteiger partial charge in [0.15, 0.2) is 0 Å². The van der Waals surface area contributed by atoms with Crippen LogP contribution in [0.5, 0.6) is 11.5 Å². The highest BCUT2D eigenvalue weighted by molar-refractivity contribution is 6.09. The first-order valence-electron chi connectivity index (χ1n) is 9.57. The Balaban J connectivity index is 1.88. The molecule has 0 saturated heterocycles. The zero-order valence-corrected chi connectivity index (χ0v) is 17.1. The molecule has 6 heteroatoms. The van der Waals surface area contributed by atoms with Gasteiger partial charge in [-0.3, -0.25) is 4.79 Å². The summed E-state index contributed by atoms with van der Waals surface area (Å²) >= 11 is 0. The van der Waals surface area contributed by atoms with Crippen molar-refractivity contribution in [2.24, 2.45) is 0 Å². The van der Waals surface area contributed by atoms with Crippen molar-refractivity contribution in [1.29, 1.82) is 5.26 Å². The van der Waals surface area contributed by atoms with Crippen LogP contribution in [-0.4, -0.2) is 22.2 Å². The van der Waals surface area contributed by atoms with Crippen LogP contribution < -0.4 is 10.1 Å². The van der Waals surface area contributed by atoms with E-state index in [9.17, 15) is 15.2 Å². The van der Waals surface area contributed by atoms with Crippen molar-refractivity contribution < 1.29 is 14.6 Å². The van der Waals surface area contributed by atoms with Crippen molar-refractivity contribution in [3.05, 3.63) is 77.1 Å². The Labute approximate surface area is 175 Å². The number of phenolic OH excluding ortho intramolecular Hbond substituents is 1. The van der Waals surface area contributed by atoms with Crippen molar-refractivity contribution in [2.75, 3.05) is 11.9 Å². The number of nitrogens with zero attached hydrogens (tertiary/aromatic N) is 2. The second kappa shape index (κ2) is 9.01. The van der Waals surface area contributed by atoms with Crippen molar-refractivity contribution >= 4 is 17.7 Å². The van der Waals surface area contributed by atoms with Crippen LogP contribution in [0.3, 0.4) is 0 Å². The molecule has 6 nitrogen and oxygen atoms in total. The molecule has 0 fully saturated rings. The Morgan fingerprint density at radius 3 is 2.60 bits per heavy atom. The highest BCUT2D eigenvalue weighted by Crippen LogP contribution is 2.24. The summed E-state index contributed by atoms with van der Waals surface area (Å²) in [4.78, 5) is 12.7. The molecule has 0 aliphatic heterocycles. The standard InChI is InChI=1S/C24H23N3O3/c1-4-30-23-7-5-6-20(14-23)26-24(29)19(15-25)13-18-12-16(2)27(17(18)3)21-8-10-22(28)11-9-21/h5-14,28H,4H2,1-3H3,(H,26,29). The minimum atomic E-state index is -0.486. The van der Waals surface area contributed by atoms with Crippen LogP contribution in [0.4, 0.5) is 5.69 Å². The van der Waals surface area contributed by atoms with Gasteiger partial charge < -0.3 is 19.7 Å². The first-order chi connectivity index (χ1) is 14.4. The summed E-state index contributed by atoms with van der Waals surface area (Å²) in [5, 5.41) is 21.8. The molecule has 2 N–H and O–H groups in total. The van der Waals surface area contributed by atoms with Crippen LogP contribution in [0, 0.1) is 25.2 Å². The number of carbonyl (C=O) groups is 1. The molecule has 1 heterocycles. The van der Waals surface area contributed by atoms with Crippen LogP contribution in [0.1, 0.15) is 23.9 Å². The minimum absolute atomic E-state index is 0.00256. The minimum Gasteiger partial charge on any atom is -0.508 e. The third kappa shape index (κ3) is 4.53. The number of benzene rings is 2. The predicted molar refractivity (Wildman–Crippen MR) is 117 cm³/mol. The molecule has 0 unspecified atom stereocenters. The molecule has 1 amide bonds. The first-order valence-corrected chi connectivity index (χ1v) is 9.57. The molecule has 3 aromatic rings. The number of amides is 1. The number of phenols is 1. The van der Waals surface area contributed by atoms with Gasteiger partial charge in [0.05, 0.1) is 6.61 Å². The number of anilines is 1. The molecule has 0 atom stereocenters. The summed E-state index contributed by atoms with van der Waals surface area (Å²) < 4.78 is 7.45. The molecular formula is C24H23N3O3. The molecule has 0 aliphatic rings. The van der Waals surface area contributed by atoms with E-state index in [0.717, 1.165) is 22.6 Å². The lowest BCUT2D eigenvalue weighted by Crippen LogP contribution is -2.13. The molecule has 2 aromatic carbocycles. The Hall–Kier alpha value is -3.98. The van der Waals surface area contributed by atoms with Gasteiger partial charge in [0.2, 0.25) is 0 Å². The fourth-order valence-corrected chi connectivity index (χ4v) is 3.27. The number of hydrogen-bond donors (Lipinski definition) is 2. The van der Waals surface area contributed by atoms with Gasteiger partial charge in [0, 0.05) is 28.8 Å². The summed E-state index contributed by atoms with van der Waals surface area (Å²) in [6.07, 6.45) is 1.58. The molecule has 0 bridgehead atoms. The van der Waals surface area contributed by atoms with Crippen molar-refractivity contribution in [3.63, 3.8) is 0 Å². The largest absolute Gasteiger partial charge is 0.508 e. The van der Waals surface area contributed by atoms with Gasteiger partial charge in [-0.15, -0.1) is 0 Å². The van der Waals surface area contributed by atoms with Gasteiger partial charge in [0.25, 0.3) is 5.91 Å². The molecule has 152 valence electrons. The normalized spacial score (nSPS) is 11.1. The third-order valence-electron chi connectivity index (χ3n) is 4.65. The fraction of sp³-hybridized carbons (Fsp3) is 0.167. The lowest BCUT2D eigenvalue weighted by Gasteiger charge is -2.10. The van der Waals surface area contributed by atoms with Crippen LogP contribution in [0.2, 0.25) is 0 Å². The maximum absolute atomic E-state index is 12.7. The first kappa shape index (κ1) is 20.7. The number of aromatic hydroxyl groups is 1. The Kier molecular flexibility index (Phi) is 6.23. The van der Waals surface area contributed by atoms with Gasteiger partial charge >= 0.3 is 0 Å². The van der Waals surface area contributed by atoms with Crippen molar-refractivity contribution in [2.45, 2.75) is 20.8 Å². The van der Waals surface area contributed by atoms with E-state index in [1.54, 1.807) is 42.5 Å². The lowest BCUT2D eigenvalue weighted by atomic mass is 10.1. The number of nitriles is 1. The molecule has 0 spiro atoms. The maximum Gasteiger partial charge on any atom is 0.266 e. The van der Waals surface area contributed by atoms with E-state index in [0.29, 0.717) is 18.0 Å². The van der Waals surface area contributed by atoms with Crippen LogP contribution >= 0.6 is 0 Å². The second-order valence-corrected chi connectivity index (χ2v) is 6.76. The van der Waals surface area contributed by atoms with Crippen LogP contribution in [-0.2, 0) is 4.79 Å². The molecular weight excluding hydrogens is 378 g/mol. The van der Waals surface area contributed by atoms with E-state index in [4.69, 9.17) is 4.74 Å². The highest BCUT2D eigenvalue weighted by atomic mass is 16.5. The van der Waals surface area contributed by atoms with Gasteiger partial charge in [-0.1, -0.05) is 6.07 Å². The number of aromatic nitrogens is 1. The predicted octanol–water partition coefficient (Wildman–Crippen LogP) is 4.74. The number of carbonyl (C=O) groups excluding carboxylic acids is 1. The third-order valence-corrected chi connectivity index (χ3v) is 4.65. The van der Waals surface area contributed by atoms with E-state index >= 15 is 0 Å². The zero-order valence-electron chi connectivity index (χ0n) is 17.1. The summed E-state index contributed by atoms with van der Waals surface area (Å²) in [7, 11) is 0. The van der Waals surface area contributed by atoms with Gasteiger partial charge in [-0.05, 0) is 74.9 Å². The van der Waals surface area contributed by atoms with Gasteiger partial charge in [0.1, 0.15) is 23.1 Å². The second-order valence-electron chi connectivity index (χ2n) is 6.76. The van der Waals surface area contributed by atoms with E-state index in [1.165, 1.54) is 0 Å². The lowest BCUT2D eigenvalue weighted by molar-refractivity contribution is -0.112. The number of hydrogen-bond acceptors (Lipinski definition) is 4. The SMILES string of the molecule is CCOc1cccc(NC(=O)C(C#N)=Cc2cc(C)n(-c3ccc(O)cc3)c2C)c1. The van der Waals surface area contributed by atoms with E-state index in [1.807, 2.05) is 49.6 Å². The monoisotopic (exact) mass is 401 g/mol.